The molecule has 4 rings (SSSR count). The van der Waals surface area contributed by atoms with Gasteiger partial charge in [0.15, 0.2) is 0 Å². The first-order valence-electron chi connectivity index (χ1n) is 7.71. The molecule has 3 nitrogen and oxygen atoms in total. The highest BCUT2D eigenvalue weighted by atomic mass is 35.5. The number of hydrogen-bond donors (Lipinski definition) is 1. The van der Waals surface area contributed by atoms with E-state index in [9.17, 15) is 4.39 Å². The molecule has 1 heterocycles. The fraction of sp³-hybridized carbons (Fsp3) is 0.500. The van der Waals surface area contributed by atoms with E-state index in [2.05, 4.69) is 15.5 Å². The Morgan fingerprint density at radius 1 is 1.27 bits per heavy atom. The summed E-state index contributed by atoms with van der Waals surface area (Å²) in [4.78, 5) is 0. The summed E-state index contributed by atoms with van der Waals surface area (Å²) in [7, 11) is 0. The minimum atomic E-state index is -0.363. The van der Waals surface area contributed by atoms with Gasteiger partial charge in [0.05, 0.1) is 11.6 Å². The van der Waals surface area contributed by atoms with Gasteiger partial charge in [0.25, 0.3) is 0 Å². The third kappa shape index (κ3) is 3.16. The molecule has 0 radical (unpaired) electrons. The van der Waals surface area contributed by atoms with E-state index in [1.807, 2.05) is 6.07 Å². The zero-order valence-corrected chi connectivity index (χ0v) is 13.6. The van der Waals surface area contributed by atoms with Crippen LogP contribution in [0.5, 0.6) is 0 Å². The highest BCUT2D eigenvalue weighted by Crippen LogP contribution is 2.43. The second-order valence-corrected chi connectivity index (χ2v) is 7.68. The second-order valence-electron chi connectivity index (χ2n) is 6.18. The first-order chi connectivity index (χ1) is 10.7. The molecule has 2 aliphatic carbocycles. The molecule has 6 heteroatoms. The van der Waals surface area contributed by atoms with Crippen molar-refractivity contribution < 1.29 is 4.39 Å². The fourth-order valence-corrected chi connectivity index (χ4v) is 3.87. The Morgan fingerprint density at radius 2 is 2.09 bits per heavy atom. The summed E-state index contributed by atoms with van der Waals surface area (Å²) in [6.45, 7) is 0.709. The van der Waals surface area contributed by atoms with Crippen LogP contribution in [0.2, 0.25) is 5.02 Å². The van der Waals surface area contributed by atoms with Gasteiger partial charge in [-0.2, -0.15) is 0 Å². The Bertz CT molecular complexity index is 682. The first kappa shape index (κ1) is 14.5. The van der Waals surface area contributed by atoms with Crippen LogP contribution in [0.1, 0.15) is 53.2 Å². The summed E-state index contributed by atoms with van der Waals surface area (Å²) in [5.41, 5.74) is 1.06. The van der Waals surface area contributed by atoms with Gasteiger partial charge < -0.3 is 5.32 Å². The van der Waals surface area contributed by atoms with Crippen LogP contribution < -0.4 is 5.32 Å². The van der Waals surface area contributed by atoms with Crippen molar-refractivity contribution in [3.63, 3.8) is 0 Å². The number of hydrogen-bond acceptors (Lipinski definition) is 4. The highest BCUT2D eigenvalue weighted by molar-refractivity contribution is 7.11. The number of aromatic nitrogens is 2. The van der Waals surface area contributed by atoms with Crippen LogP contribution in [0.3, 0.4) is 0 Å². The quantitative estimate of drug-likeness (QED) is 0.846. The van der Waals surface area contributed by atoms with Crippen LogP contribution in [0.15, 0.2) is 18.2 Å². The predicted octanol–water partition coefficient (Wildman–Crippen LogP) is 4.45. The lowest BCUT2D eigenvalue weighted by molar-refractivity contribution is 0.477. The summed E-state index contributed by atoms with van der Waals surface area (Å²) in [6, 6.07) is 5.23. The zero-order valence-electron chi connectivity index (χ0n) is 12.1. The Hall–Kier alpha value is -1.04. The molecule has 116 valence electrons. The van der Waals surface area contributed by atoms with Gasteiger partial charge in [0, 0.05) is 12.0 Å². The van der Waals surface area contributed by atoms with Crippen LogP contribution in [0.25, 0.3) is 0 Å². The van der Waals surface area contributed by atoms with Crippen molar-refractivity contribution in [2.24, 2.45) is 5.92 Å². The van der Waals surface area contributed by atoms with Gasteiger partial charge in [-0.25, -0.2) is 4.39 Å². The summed E-state index contributed by atoms with van der Waals surface area (Å²) >= 11 is 7.63. The minimum Gasteiger partial charge on any atom is -0.303 e. The van der Waals surface area contributed by atoms with E-state index in [0.717, 1.165) is 10.6 Å². The third-order valence-corrected chi connectivity index (χ3v) is 5.65. The normalized spacial score (nSPS) is 19.4. The molecule has 1 atom stereocenters. The van der Waals surface area contributed by atoms with Crippen molar-refractivity contribution in [2.45, 2.75) is 44.2 Å². The van der Waals surface area contributed by atoms with E-state index in [-0.39, 0.29) is 16.9 Å². The van der Waals surface area contributed by atoms with E-state index < -0.39 is 0 Å². The second kappa shape index (κ2) is 5.87. The average Bonchev–Trinajstić information content (AvgIpc) is 3.43. The molecule has 1 aromatic heterocycles. The van der Waals surface area contributed by atoms with Gasteiger partial charge in [-0.15, -0.1) is 10.2 Å². The smallest absolute Gasteiger partial charge is 0.141 e. The number of benzene rings is 1. The van der Waals surface area contributed by atoms with Crippen LogP contribution in [-0.4, -0.2) is 10.2 Å². The Kier molecular flexibility index (Phi) is 3.88. The maximum atomic E-state index is 13.3. The molecule has 0 amide bonds. The largest absolute Gasteiger partial charge is 0.303 e. The molecule has 0 saturated heterocycles. The molecule has 0 spiro atoms. The third-order valence-electron chi connectivity index (χ3n) is 4.28. The lowest BCUT2D eigenvalue weighted by atomic mass is 10.0. The van der Waals surface area contributed by atoms with Crippen molar-refractivity contribution in [3.8, 4) is 0 Å². The van der Waals surface area contributed by atoms with Crippen molar-refractivity contribution in [2.75, 3.05) is 0 Å². The molecule has 1 unspecified atom stereocenters. The van der Waals surface area contributed by atoms with Crippen LogP contribution in [0.4, 0.5) is 4.39 Å². The van der Waals surface area contributed by atoms with Gasteiger partial charge in [-0.3, -0.25) is 0 Å². The van der Waals surface area contributed by atoms with E-state index >= 15 is 0 Å². The SMILES string of the molecule is Fc1ccc(C(NCc2nnc(C3CC3)s2)C2CC2)cc1Cl. The summed E-state index contributed by atoms with van der Waals surface area (Å²) in [5.74, 6) is 0.900. The molecular formula is C16H17ClFN3S. The van der Waals surface area contributed by atoms with Crippen LogP contribution >= 0.6 is 22.9 Å². The molecular weight excluding hydrogens is 321 g/mol. The lowest BCUT2D eigenvalue weighted by Crippen LogP contribution is -2.22. The number of halogens is 2. The number of nitrogens with zero attached hydrogens (tertiary/aromatic N) is 2. The minimum absolute atomic E-state index is 0.192. The maximum absolute atomic E-state index is 13.3. The Balaban J connectivity index is 1.46. The zero-order chi connectivity index (χ0) is 15.1. The van der Waals surface area contributed by atoms with E-state index in [1.165, 1.54) is 36.8 Å². The van der Waals surface area contributed by atoms with E-state index in [4.69, 9.17) is 11.6 Å². The average molecular weight is 338 g/mol. The molecule has 0 bridgehead atoms. The molecule has 2 saturated carbocycles. The van der Waals surface area contributed by atoms with Crippen molar-refractivity contribution in [1.82, 2.24) is 15.5 Å². The van der Waals surface area contributed by atoms with Gasteiger partial charge in [0.2, 0.25) is 0 Å². The topological polar surface area (TPSA) is 37.8 Å². The van der Waals surface area contributed by atoms with E-state index in [0.29, 0.717) is 18.4 Å². The summed E-state index contributed by atoms with van der Waals surface area (Å²) in [6.07, 6.45) is 4.91. The molecule has 2 aromatic rings. The Labute approximate surface area is 137 Å². The fourth-order valence-electron chi connectivity index (χ4n) is 2.72. The molecule has 1 aromatic carbocycles. The van der Waals surface area contributed by atoms with Gasteiger partial charge in [-0.1, -0.05) is 29.0 Å². The maximum Gasteiger partial charge on any atom is 0.141 e. The highest BCUT2D eigenvalue weighted by Gasteiger charge is 2.33. The molecule has 2 fully saturated rings. The first-order valence-corrected chi connectivity index (χ1v) is 8.91. The predicted molar refractivity (Wildman–Crippen MR) is 85.6 cm³/mol. The molecule has 1 N–H and O–H groups in total. The number of rotatable bonds is 6. The number of nitrogens with one attached hydrogen (secondary N) is 1. The van der Waals surface area contributed by atoms with Crippen molar-refractivity contribution in [3.05, 3.63) is 44.6 Å². The van der Waals surface area contributed by atoms with Crippen molar-refractivity contribution in [1.29, 1.82) is 0 Å². The molecule has 2 aliphatic rings. The Morgan fingerprint density at radius 3 is 2.77 bits per heavy atom. The van der Waals surface area contributed by atoms with Crippen molar-refractivity contribution >= 4 is 22.9 Å². The molecule has 22 heavy (non-hydrogen) atoms. The standard InChI is InChI=1S/C16H17ClFN3S/c17-12-7-11(5-6-13(12)18)15(9-1-2-9)19-8-14-20-21-16(22-14)10-3-4-10/h5-7,9-10,15,19H,1-4,8H2. The monoisotopic (exact) mass is 337 g/mol. The summed E-state index contributed by atoms with van der Waals surface area (Å²) in [5, 5.41) is 14.5. The van der Waals surface area contributed by atoms with Crippen LogP contribution in [0, 0.1) is 11.7 Å². The van der Waals surface area contributed by atoms with Gasteiger partial charge in [-0.05, 0) is 49.3 Å². The molecule has 0 aliphatic heterocycles. The lowest BCUT2D eigenvalue weighted by Gasteiger charge is -2.18. The van der Waals surface area contributed by atoms with Crippen LogP contribution in [-0.2, 0) is 6.54 Å². The van der Waals surface area contributed by atoms with Gasteiger partial charge >= 0.3 is 0 Å². The summed E-state index contributed by atoms with van der Waals surface area (Å²) < 4.78 is 13.3. The van der Waals surface area contributed by atoms with Gasteiger partial charge in [0.1, 0.15) is 15.8 Å². The van der Waals surface area contributed by atoms with E-state index in [1.54, 1.807) is 17.4 Å².